The summed E-state index contributed by atoms with van der Waals surface area (Å²) in [6, 6.07) is 2.40. The van der Waals surface area contributed by atoms with Crippen molar-refractivity contribution in [1.82, 2.24) is 15.3 Å². The van der Waals surface area contributed by atoms with Crippen LogP contribution in [-0.2, 0) is 0 Å². The summed E-state index contributed by atoms with van der Waals surface area (Å²) < 4.78 is 0. The van der Waals surface area contributed by atoms with E-state index < -0.39 is 0 Å². The molecule has 1 aromatic rings. The third-order valence-electron chi connectivity index (χ3n) is 2.86. The summed E-state index contributed by atoms with van der Waals surface area (Å²) in [5, 5.41) is 3.42. The number of aromatic nitrogens is 2. The largest absolute Gasteiger partial charge is 0.337 e. The SMILES string of the molecule is CCN(c1ncccn1)C1CCCNC1. The molecule has 82 valence electrons. The maximum Gasteiger partial charge on any atom is 0.225 e. The fourth-order valence-electron chi connectivity index (χ4n) is 2.10. The third-order valence-corrected chi connectivity index (χ3v) is 2.86. The molecule has 0 bridgehead atoms. The number of nitrogens with zero attached hydrogens (tertiary/aromatic N) is 3. The van der Waals surface area contributed by atoms with Crippen LogP contribution in [0.2, 0.25) is 0 Å². The molecular formula is C11H18N4. The third kappa shape index (κ3) is 2.45. The minimum absolute atomic E-state index is 0.547. The lowest BCUT2D eigenvalue weighted by Gasteiger charge is -2.33. The molecule has 4 nitrogen and oxygen atoms in total. The quantitative estimate of drug-likeness (QED) is 0.802. The Bertz CT molecular complexity index is 282. The minimum atomic E-state index is 0.547. The van der Waals surface area contributed by atoms with Crippen molar-refractivity contribution >= 4 is 5.95 Å². The van der Waals surface area contributed by atoms with Crippen molar-refractivity contribution in [3.8, 4) is 0 Å². The van der Waals surface area contributed by atoms with Crippen molar-refractivity contribution in [3.05, 3.63) is 18.5 Å². The van der Waals surface area contributed by atoms with E-state index in [4.69, 9.17) is 0 Å². The lowest BCUT2D eigenvalue weighted by Crippen LogP contribution is -2.46. The molecule has 1 saturated heterocycles. The second kappa shape index (κ2) is 5.07. The van der Waals surface area contributed by atoms with Crippen LogP contribution in [0.5, 0.6) is 0 Å². The standard InChI is InChI=1S/C11H18N4/c1-2-15(10-5-3-6-12-9-10)11-13-7-4-8-14-11/h4,7-8,10,12H,2-3,5-6,9H2,1H3. The van der Waals surface area contributed by atoms with Crippen LogP contribution in [0.25, 0.3) is 0 Å². The van der Waals surface area contributed by atoms with Gasteiger partial charge < -0.3 is 10.2 Å². The average Bonchev–Trinajstić information content (AvgIpc) is 2.33. The summed E-state index contributed by atoms with van der Waals surface area (Å²) in [6.07, 6.45) is 6.09. The molecule has 0 aromatic carbocycles. The van der Waals surface area contributed by atoms with Crippen molar-refractivity contribution in [2.45, 2.75) is 25.8 Å². The van der Waals surface area contributed by atoms with E-state index in [0.29, 0.717) is 6.04 Å². The van der Waals surface area contributed by atoms with Gasteiger partial charge in [0, 0.05) is 31.5 Å². The van der Waals surface area contributed by atoms with Gasteiger partial charge in [-0.3, -0.25) is 0 Å². The summed E-state index contributed by atoms with van der Waals surface area (Å²) >= 11 is 0. The number of hydrogen-bond acceptors (Lipinski definition) is 4. The highest BCUT2D eigenvalue weighted by molar-refractivity contribution is 5.30. The summed E-state index contributed by atoms with van der Waals surface area (Å²) in [4.78, 5) is 10.9. The van der Waals surface area contributed by atoms with Gasteiger partial charge in [0.05, 0.1) is 0 Å². The van der Waals surface area contributed by atoms with E-state index in [-0.39, 0.29) is 0 Å². The zero-order valence-electron chi connectivity index (χ0n) is 9.19. The second-order valence-electron chi connectivity index (χ2n) is 3.83. The lowest BCUT2D eigenvalue weighted by molar-refractivity contribution is 0.431. The summed E-state index contributed by atoms with van der Waals surface area (Å²) in [7, 11) is 0. The molecule has 0 saturated carbocycles. The van der Waals surface area contributed by atoms with Gasteiger partial charge in [0.2, 0.25) is 5.95 Å². The molecule has 0 spiro atoms. The van der Waals surface area contributed by atoms with Crippen molar-refractivity contribution in [1.29, 1.82) is 0 Å². The Balaban J connectivity index is 2.09. The first-order chi connectivity index (χ1) is 7.42. The van der Waals surface area contributed by atoms with Gasteiger partial charge >= 0.3 is 0 Å². The van der Waals surface area contributed by atoms with E-state index in [0.717, 1.165) is 25.6 Å². The monoisotopic (exact) mass is 206 g/mol. The lowest BCUT2D eigenvalue weighted by atomic mass is 10.1. The molecule has 1 atom stereocenters. The highest BCUT2D eigenvalue weighted by Crippen LogP contribution is 2.15. The molecular weight excluding hydrogens is 188 g/mol. The number of nitrogens with one attached hydrogen (secondary N) is 1. The fraction of sp³-hybridized carbons (Fsp3) is 0.636. The van der Waals surface area contributed by atoms with Gasteiger partial charge in [-0.25, -0.2) is 9.97 Å². The Hall–Kier alpha value is -1.16. The van der Waals surface area contributed by atoms with Crippen LogP contribution in [0.15, 0.2) is 18.5 Å². The Morgan fingerprint density at radius 2 is 2.27 bits per heavy atom. The second-order valence-corrected chi connectivity index (χ2v) is 3.83. The zero-order chi connectivity index (χ0) is 10.5. The summed E-state index contributed by atoms with van der Waals surface area (Å²) in [5.41, 5.74) is 0. The molecule has 2 heterocycles. The topological polar surface area (TPSA) is 41.1 Å². The molecule has 1 aromatic heterocycles. The number of piperidine rings is 1. The summed E-state index contributed by atoms with van der Waals surface area (Å²) in [5.74, 6) is 0.855. The van der Waals surface area contributed by atoms with Crippen molar-refractivity contribution < 1.29 is 0 Å². The first kappa shape index (κ1) is 10.4. The van der Waals surface area contributed by atoms with E-state index in [2.05, 4.69) is 27.1 Å². The Morgan fingerprint density at radius 1 is 1.47 bits per heavy atom. The van der Waals surface area contributed by atoms with Crippen LogP contribution in [0, 0.1) is 0 Å². The van der Waals surface area contributed by atoms with Crippen LogP contribution < -0.4 is 10.2 Å². The van der Waals surface area contributed by atoms with Gasteiger partial charge in [0.15, 0.2) is 0 Å². The van der Waals surface area contributed by atoms with Crippen LogP contribution in [-0.4, -0.2) is 35.6 Å². The van der Waals surface area contributed by atoms with Crippen LogP contribution in [0.1, 0.15) is 19.8 Å². The van der Waals surface area contributed by atoms with Gasteiger partial charge in [-0.05, 0) is 32.4 Å². The maximum atomic E-state index is 4.31. The van der Waals surface area contributed by atoms with E-state index >= 15 is 0 Å². The van der Waals surface area contributed by atoms with Crippen molar-refractivity contribution in [3.63, 3.8) is 0 Å². The highest BCUT2D eigenvalue weighted by Gasteiger charge is 2.21. The molecule has 1 fully saturated rings. The predicted molar refractivity (Wildman–Crippen MR) is 60.9 cm³/mol. The van der Waals surface area contributed by atoms with Crippen molar-refractivity contribution in [2.24, 2.45) is 0 Å². The van der Waals surface area contributed by atoms with Gasteiger partial charge in [-0.15, -0.1) is 0 Å². The van der Waals surface area contributed by atoms with E-state index in [9.17, 15) is 0 Å². The van der Waals surface area contributed by atoms with Crippen molar-refractivity contribution in [2.75, 3.05) is 24.5 Å². The van der Waals surface area contributed by atoms with Gasteiger partial charge in [0.25, 0.3) is 0 Å². The molecule has 15 heavy (non-hydrogen) atoms. The highest BCUT2D eigenvalue weighted by atomic mass is 15.3. The van der Waals surface area contributed by atoms with E-state index in [1.54, 1.807) is 12.4 Å². The smallest absolute Gasteiger partial charge is 0.225 e. The first-order valence-electron chi connectivity index (χ1n) is 5.66. The number of hydrogen-bond donors (Lipinski definition) is 1. The fourth-order valence-corrected chi connectivity index (χ4v) is 2.10. The Kier molecular flexibility index (Phi) is 3.50. The van der Waals surface area contributed by atoms with E-state index in [1.165, 1.54) is 12.8 Å². The molecule has 1 unspecified atom stereocenters. The Labute approximate surface area is 90.7 Å². The average molecular weight is 206 g/mol. The molecule has 0 amide bonds. The van der Waals surface area contributed by atoms with Gasteiger partial charge in [-0.1, -0.05) is 0 Å². The van der Waals surface area contributed by atoms with Crippen LogP contribution >= 0.6 is 0 Å². The Morgan fingerprint density at radius 3 is 2.87 bits per heavy atom. The molecule has 4 heteroatoms. The first-order valence-corrected chi connectivity index (χ1v) is 5.66. The minimum Gasteiger partial charge on any atom is -0.337 e. The van der Waals surface area contributed by atoms with Crippen LogP contribution in [0.3, 0.4) is 0 Å². The number of anilines is 1. The summed E-state index contributed by atoms with van der Waals surface area (Å²) in [6.45, 7) is 5.32. The normalized spacial score (nSPS) is 21.3. The molecule has 1 aliphatic heterocycles. The number of likely N-dealkylation sites (N-methyl/N-ethyl adjacent to an activating group) is 1. The molecule has 1 aliphatic rings. The molecule has 1 N–H and O–H groups in total. The van der Waals surface area contributed by atoms with Gasteiger partial charge in [0.1, 0.15) is 0 Å². The zero-order valence-corrected chi connectivity index (χ0v) is 9.19. The molecule has 0 aliphatic carbocycles. The predicted octanol–water partition coefficient (Wildman–Crippen LogP) is 1.05. The molecule has 2 rings (SSSR count). The van der Waals surface area contributed by atoms with Gasteiger partial charge in [-0.2, -0.15) is 0 Å². The van der Waals surface area contributed by atoms with E-state index in [1.807, 2.05) is 6.07 Å². The maximum absolute atomic E-state index is 4.31. The number of rotatable bonds is 3. The molecule has 0 radical (unpaired) electrons. The van der Waals surface area contributed by atoms with Crippen LogP contribution in [0.4, 0.5) is 5.95 Å².